The molecule has 0 aliphatic heterocycles. The normalized spacial score (nSPS) is 11.5. The van der Waals surface area contributed by atoms with Gasteiger partial charge < -0.3 is 19.9 Å². The van der Waals surface area contributed by atoms with Gasteiger partial charge in [-0.2, -0.15) is 0 Å². The largest absolute Gasteiger partial charge is 0.493 e. The number of amides is 1. The van der Waals surface area contributed by atoms with Gasteiger partial charge in [0.2, 0.25) is 0 Å². The Hall–Kier alpha value is -3.16. The van der Waals surface area contributed by atoms with E-state index in [0.717, 1.165) is 0 Å². The Bertz CT molecular complexity index is 761. The topological polar surface area (TPSA) is 111 Å². The summed E-state index contributed by atoms with van der Waals surface area (Å²) in [5.74, 6) is -0.598. The van der Waals surface area contributed by atoms with Crippen LogP contribution < -0.4 is 14.8 Å². The van der Waals surface area contributed by atoms with Gasteiger partial charge >= 0.3 is 5.97 Å². The van der Waals surface area contributed by atoms with Crippen LogP contribution in [0.4, 0.5) is 0 Å². The Balaban J connectivity index is 2.28. The van der Waals surface area contributed by atoms with Gasteiger partial charge in [-0.25, -0.2) is 4.98 Å². The fourth-order valence-electron chi connectivity index (χ4n) is 2.24. The third-order valence-electron chi connectivity index (χ3n) is 3.51. The van der Waals surface area contributed by atoms with Gasteiger partial charge in [-0.3, -0.25) is 14.6 Å². The average Bonchev–Trinajstić information content (AvgIpc) is 2.60. The molecule has 8 nitrogen and oxygen atoms in total. The zero-order valence-electron chi connectivity index (χ0n) is 14.1. The van der Waals surface area contributed by atoms with Gasteiger partial charge in [-0.1, -0.05) is 6.07 Å². The van der Waals surface area contributed by atoms with Crippen molar-refractivity contribution in [2.75, 3.05) is 14.2 Å². The molecule has 1 aromatic heterocycles. The van der Waals surface area contributed by atoms with Gasteiger partial charge in [0.25, 0.3) is 5.91 Å². The predicted octanol–water partition coefficient (Wildman–Crippen LogP) is 1.75. The molecule has 0 aliphatic rings. The van der Waals surface area contributed by atoms with Gasteiger partial charge in [0.05, 0.1) is 38.6 Å². The van der Waals surface area contributed by atoms with Crippen LogP contribution in [0.1, 0.15) is 34.2 Å². The Morgan fingerprint density at radius 1 is 1.16 bits per heavy atom. The lowest BCUT2D eigenvalue weighted by atomic mass is 10.0. The lowest BCUT2D eigenvalue weighted by Gasteiger charge is -2.19. The second-order valence-electron chi connectivity index (χ2n) is 5.28. The van der Waals surface area contributed by atoms with Crippen LogP contribution in [-0.4, -0.2) is 41.2 Å². The summed E-state index contributed by atoms with van der Waals surface area (Å²) in [6.45, 7) is 1.76. The maximum atomic E-state index is 12.3. The predicted molar refractivity (Wildman–Crippen MR) is 88.8 cm³/mol. The Kier molecular flexibility index (Phi) is 5.89. The highest BCUT2D eigenvalue weighted by Crippen LogP contribution is 2.31. The molecule has 132 valence electrons. The molecule has 0 unspecified atom stereocenters. The van der Waals surface area contributed by atoms with Gasteiger partial charge in [0.15, 0.2) is 11.5 Å². The van der Waals surface area contributed by atoms with Crippen LogP contribution in [0.15, 0.2) is 30.6 Å². The van der Waals surface area contributed by atoms with E-state index in [-0.39, 0.29) is 12.1 Å². The molecule has 2 aromatic rings. The van der Waals surface area contributed by atoms with E-state index in [1.54, 1.807) is 25.1 Å². The van der Waals surface area contributed by atoms with Gasteiger partial charge in [0, 0.05) is 6.20 Å². The lowest BCUT2D eigenvalue weighted by molar-refractivity contribution is -0.137. The Morgan fingerprint density at radius 2 is 1.88 bits per heavy atom. The van der Waals surface area contributed by atoms with Crippen molar-refractivity contribution >= 4 is 11.9 Å². The van der Waals surface area contributed by atoms with E-state index in [2.05, 4.69) is 15.3 Å². The monoisotopic (exact) mass is 345 g/mol. The first-order valence-electron chi connectivity index (χ1n) is 7.47. The van der Waals surface area contributed by atoms with E-state index in [1.165, 1.54) is 26.6 Å². The molecule has 0 fully saturated rings. The summed E-state index contributed by atoms with van der Waals surface area (Å²) in [4.78, 5) is 31.5. The number of hydrogen-bond donors (Lipinski definition) is 2. The minimum absolute atomic E-state index is 0.112. The van der Waals surface area contributed by atoms with Crippen molar-refractivity contribution in [1.82, 2.24) is 15.3 Å². The van der Waals surface area contributed by atoms with Crippen molar-refractivity contribution in [3.63, 3.8) is 0 Å². The maximum absolute atomic E-state index is 12.3. The van der Waals surface area contributed by atoms with Gasteiger partial charge in [-0.05, 0) is 24.6 Å². The number of carboxylic acids is 1. The second kappa shape index (κ2) is 8.09. The summed E-state index contributed by atoms with van der Waals surface area (Å²) in [5, 5.41) is 11.8. The average molecular weight is 345 g/mol. The molecule has 1 atom stereocenters. The fourth-order valence-corrected chi connectivity index (χ4v) is 2.24. The molecule has 2 N–H and O–H groups in total. The quantitative estimate of drug-likeness (QED) is 0.786. The number of benzene rings is 1. The highest BCUT2D eigenvalue weighted by atomic mass is 16.5. The molecule has 1 aromatic carbocycles. The third kappa shape index (κ3) is 4.66. The van der Waals surface area contributed by atoms with Crippen LogP contribution in [0, 0.1) is 6.92 Å². The van der Waals surface area contributed by atoms with E-state index >= 15 is 0 Å². The maximum Gasteiger partial charge on any atom is 0.305 e. The standard InChI is InChI=1S/C17H19N3O5/c1-10-8-19-13(9-18-10)17(23)20-12(7-16(21)22)11-4-5-14(24-2)15(6-11)25-3/h4-6,8-9,12H,7H2,1-3H3,(H,20,23)(H,21,22)/t12-/m1/s1. The molecule has 0 radical (unpaired) electrons. The molecule has 2 rings (SSSR count). The first-order valence-corrected chi connectivity index (χ1v) is 7.47. The minimum atomic E-state index is -1.05. The van der Waals surface area contributed by atoms with E-state index in [0.29, 0.717) is 22.8 Å². The number of ether oxygens (including phenoxy) is 2. The van der Waals surface area contributed by atoms with Crippen molar-refractivity contribution < 1.29 is 24.2 Å². The number of rotatable bonds is 7. The van der Waals surface area contributed by atoms with Crippen molar-refractivity contribution in [3.8, 4) is 11.5 Å². The fraction of sp³-hybridized carbons (Fsp3) is 0.294. The minimum Gasteiger partial charge on any atom is -0.493 e. The molecule has 25 heavy (non-hydrogen) atoms. The number of aromatic nitrogens is 2. The number of methoxy groups -OCH3 is 2. The number of nitrogens with zero attached hydrogens (tertiary/aromatic N) is 2. The summed E-state index contributed by atoms with van der Waals surface area (Å²) < 4.78 is 10.4. The summed E-state index contributed by atoms with van der Waals surface area (Å²) >= 11 is 0. The highest BCUT2D eigenvalue weighted by molar-refractivity contribution is 5.92. The van der Waals surface area contributed by atoms with Gasteiger partial charge in [-0.15, -0.1) is 0 Å². The molecule has 0 saturated carbocycles. The smallest absolute Gasteiger partial charge is 0.305 e. The summed E-state index contributed by atoms with van der Waals surface area (Å²) in [7, 11) is 2.98. The van der Waals surface area contributed by atoms with Crippen molar-refractivity contribution in [3.05, 3.63) is 47.5 Å². The van der Waals surface area contributed by atoms with E-state index < -0.39 is 17.9 Å². The SMILES string of the molecule is COc1ccc([C@@H](CC(=O)O)NC(=O)c2cnc(C)cn2)cc1OC. The highest BCUT2D eigenvalue weighted by Gasteiger charge is 2.21. The molecule has 0 saturated heterocycles. The van der Waals surface area contributed by atoms with E-state index in [1.807, 2.05) is 0 Å². The van der Waals surface area contributed by atoms with Crippen LogP contribution in [0.2, 0.25) is 0 Å². The number of nitrogens with one attached hydrogen (secondary N) is 1. The Morgan fingerprint density at radius 3 is 2.44 bits per heavy atom. The number of carbonyl (C=O) groups excluding carboxylic acids is 1. The van der Waals surface area contributed by atoms with Crippen LogP contribution in [-0.2, 0) is 4.79 Å². The molecule has 0 aliphatic carbocycles. The molecule has 1 heterocycles. The van der Waals surface area contributed by atoms with Gasteiger partial charge in [0.1, 0.15) is 5.69 Å². The first-order chi connectivity index (χ1) is 11.9. The molecule has 1 amide bonds. The van der Waals surface area contributed by atoms with Crippen molar-refractivity contribution in [2.45, 2.75) is 19.4 Å². The van der Waals surface area contributed by atoms with E-state index in [9.17, 15) is 9.59 Å². The number of aliphatic carboxylic acids is 1. The lowest BCUT2D eigenvalue weighted by Crippen LogP contribution is -2.31. The number of hydrogen-bond acceptors (Lipinski definition) is 6. The molecule has 0 spiro atoms. The summed E-state index contributed by atoms with van der Waals surface area (Å²) in [6, 6.07) is 4.21. The van der Waals surface area contributed by atoms with Crippen molar-refractivity contribution in [2.24, 2.45) is 0 Å². The van der Waals surface area contributed by atoms with Crippen LogP contribution >= 0.6 is 0 Å². The molecule has 8 heteroatoms. The molecular formula is C17H19N3O5. The van der Waals surface area contributed by atoms with Crippen molar-refractivity contribution in [1.29, 1.82) is 0 Å². The molecule has 0 bridgehead atoms. The number of aryl methyl sites for hydroxylation is 1. The zero-order valence-corrected chi connectivity index (χ0v) is 14.1. The molecular weight excluding hydrogens is 326 g/mol. The third-order valence-corrected chi connectivity index (χ3v) is 3.51. The zero-order chi connectivity index (χ0) is 18.4. The summed E-state index contributed by atoms with van der Waals surface area (Å²) in [5.41, 5.74) is 1.37. The van der Waals surface area contributed by atoms with Crippen LogP contribution in [0.3, 0.4) is 0 Å². The first kappa shape index (κ1) is 18.2. The van der Waals surface area contributed by atoms with Crippen LogP contribution in [0.5, 0.6) is 11.5 Å². The summed E-state index contributed by atoms with van der Waals surface area (Å²) in [6.07, 6.45) is 2.52. The number of carbonyl (C=O) groups is 2. The Labute approximate surface area is 144 Å². The second-order valence-corrected chi connectivity index (χ2v) is 5.28. The van der Waals surface area contributed by atoms with Crippen LogP contribution in [0.25, 0.3) is 0 Å². The van der Waals surface area contributed by atoms with E-state index in [4.69, 9.17) is 14.6 Å². The number of carboxylic acid groups (broad SMARTS) is 1.